The molecule has 36 heavy (non-hydrogen) atoms. The lowest BCUT2D eigenvalue weighted by molar-refractivity contribution is 0.00578. The second kappa shape index (κ2) is 10.9. The molecule has 0 aromatic heterocycles. The van der Waals surface area contributed by atoms with Crippen molar-refractivity contribution >= 4 is 7.12 Å². The minimum absolute atomic E-state index is 0.161. The molecule has 0 radical (unpaired) electrons. The number of aliphatic hydroxyl groups excluding tert-OH is 2. The van der Waals surface area contributed by atoms with E-state index in [9.17, 15) is 10.2 Å². The zero-order valence-corrected chi connectivity index (χ0v) is 22.6. The highest BCUT2D eigenvalue weighted by molar-refractivity contribution is 6.54. The van der Waals surface area contributed by atoms with Crippen LogP contribution in [0.25, 0.3) is 0 Å². The zero-order valence-electron chi connectivity index (χ0n) is 22.6. The van der Waals surface area contributed by atoms with Crippen LogP contribution in [-0.4, -0.2) is 65.4 Å². The first-order valence-electron chi connectivity index (χ1n) is 14.3. The van der Waals surface area contributed by atoms with Crippen molar-refractivity contribution in [2.45, 2.75) is 140 Å². The lowest BCUT2D eigenvalue weighted by Gasteiger charge is -2.32. The zero-order chi connectivity index (χ0) is 25.5. The van der Waals surface area contributed by atoms with Gasteiger partial charge in [-0.15, -0.1) is 0 Å². The molecule has 10 heteroatoms. The van der Waals surface area contributed by atoms with Crippen molar-refractivity contribution in [3.63, 3.8) is 0 Å². The summed E-state index contributed by atoms with van der Waals surface area (Å²) in [5.41, 5.74) is 7.04. The third kappa shape index (κ3) is 5.87. The van der Waals surface area contributed by atoms with Gasteiger partial charge < -0.3 is 19.5 Å². The molecular formula is C26H48BN5O4. The van der Waals surface area contributed by atoms with Crippen molar-refractivity contribution < 1.29 is 19.5 Å². The Hall–Kier alpha value is -0.555. The molecule has 2 aliphatic carbocycles. The number of allylic oxidation sites excluding steroid dienone is 1. The van der Waals surface area contributed by atoms with Crippen molar-refractivity contribution in [3.05, 3.63) is 11.5 Å². The van der Waals surface area contributed by atoms with Gasteiger partial charge in [-0.1, -0.05) is 38.2 Å². The summed E-state index contributed by atoms with van der Waals surface area (Å²) in [4.78, 5) is 0. The fourth-order valence-electron chi connectivity index (χ4n) is 6.61. The van der Waals surface area contributed by atoms with Crippen LogP contribution in [0.15, 0.2) is 11.5 Å². The van der Waals surface area contributed by atoms with Gasteiger partial charge >= 0.3 is 7.12 Å². The minimum atomic E-state index is -0.811. The Kier molecular flexibility index (Phi) is 8.19. The van der Waals surface area contributed by atoms with Crippen LogP contribution in [0.3, 0.4) is 0 Å². The molecule has 6 unspecified atom stereocenters. The van der Waals surface area contributed by atoms with Gasteiger partial charge in [0.1, 0.15) is 18.6 Å². The normalized spacial score (nSPS) is 39.9. The van der Waals surface area contributed by atoms with E-state index in [1.165, 1.54) is 37.6 Å². The van der Waals surface area contributed by atoms with Crippen LogP contribution in [0, 0.1) is 11.8 Å². The van der Waals surface area contributed by atoms with Gasteiger partial charge in [0.15, 0.2) is 0 Å². The van der Waals surface area contributed by atoms with Gasteiger partial charge in [-0.3, -0.25) is 16.0 Å². The molecule has 5 rings (SSSR count). The van der Waals surface area contributed by atoms with E-state index in [0.29, 0.717) is 5.92 Å². The first-order chi connectivity index (χ1) is 17.1. The van der Waals surface area contributed by atoms with Gasteiger partial charge in [0.25, 0.3) is 0 Å². The fraction of sp³-hybridized carbons (Fsp3) is 0.923. The third-order valence-electron chi connectivity index (χ3n) is 9.66. The Morgan fingerprint density at radius 3 is 2.47 bits per heavy atom. The third-order valence-corrected chi connectivity index (χ3v) is 9.66. The first kappa shape index (κ1) is 27.0. The molecule has 204 valence electrons. The number of rotatable bonds is 6. The van der Waals surface area contributed by atoms with Crippen molar-refractivity contribution in [1.29, 1.82) is 0 Å². The molecule has 0 amide bonds. The van der Waals surface area contributed by atoms with Gasteiger partial charge in [-0.05, 0) is 77.1 Å². The van der Waals surface area contributed by atoms with Crippen molar-refractivity contribution in [2.75, 3.05) is 0 Å². The highest BCUT2D eigenvalue weighted by Gasteiger charge is 2.53. The van der Waals surface area contributed by atoms with E-state index in [1.54, 1.807) is 0 Å². The second-order valence-electron chi connectivity index (χ2n) is 12.8. The molecule has 0 bridgehead atoms. The van der Waals surface area contributed by atoms with Gasteiger partial charge in [0.2, 0.25) is 0 Å². The standard InChI is InChI=1S/C26H48BN5O4/c1-25(2)26(3,4)36-27(35-25)18-11-13-19-17(15-18)10-12-20(23(33)28-19)29-24(34)22-30-21(31-32-22)14-16-8-6-5-7-9-16/h11,16-17,19-24,28-34H,5-10,12-15H2,1-4H3/t17?,19-,20?,21?,22?,23?,24?/m0/s1. The smallest absolute Gasteiger partial charge is 0.400 e. The molecule has 5 aliphatic rings. The van der Waals surface area contributed by atoms with Crippen molar-refractivity contribution in [2.24, 2.45) is 11.8 Å². The Labute approximate surface area is 217 Å². The topological polar surface area (TPSA) is 119 Å². The second-order valence-corrected chi connectivity index (χ2v) is 12.8. The monoisotopic (exact) mass is 505 g/mol. The summed E-state index contributed by atoms with van der Waals surface area (Å²) in [6.45, 7) is 8.36. The van der Waals surface area contributed by atoms with Crippen molar-refractivity contribution in [1.82, 2.24) is 26.8 Å². The summed E-state index contributed by atoms with van der Waals surface area (Å²) < 4.78 is 12.6. The molecule has 0 spiro atoms. The molecule has 9 nitrogen and oxygen atoms in total. The maximum absolute atomic E-state index is 11.0. The highest BCUT2D eigenvalue weighted by atomic mass is 16.7. The van der Waals surface area contributed by atoms with Gasteiger partial charge in [-0.2, -0.15) is 0 Å². The molecule has 4 fully saturated rings. The van der Waals surface area contributed by atoms with Crippen LogP contribution >= 0.6 is 0 Å². The van der Waals surface area contributed by atoms with Crippen molar-refractivity contribution in [3.8, 4) is 0 Å². The number of fused-ring (bicyclic) bond motifs is 1. The van der Waals surface area contributed by atoms with Gasteiger partial charge in [0.05, 0.1) is 17.4 Å². The summed E-state index contributed by atoms with van der Waals surface area (Å²) >= 11 is 0. The molecule has 7 N–H and O–H groups in total. The van der Waals surface area contributed by atoms with E-state index in [2.05, 4.69) is 60.6 Å². The lowest BCUT2D eigenvalue weighted by Crippen LogP contribution is -2.59. The quantitative estimate of drug-likeness (QED) is 0.214. The number of hydrazine groups is 1. The summed E-state index contributed by atoms with van der Waals surface area (Å²) in [6.07, 6.45) is 11.8. The summed E-state index contributed by atoms with van der Waals surface area (Å²) in [5.74, 6) is 1.15. The average Bonchev–Trinajstić information content (AvgIpc) is 3.33. The van der Waals surface area contributed by atoms with Gasteiger partial charge in [0, 0.05) is 12.1 Å². The Morgan fingerprint density at radius 1 is 1.03 bits per heavy atom. The molecule has 0 aromatic carbocycles. The number of nitrogens with one attached hydrogen (secondary N) is 5. The van der Waals surface area contributed by atoms with E-state index in [4.69, 9.17) is 9.31 Å². The van der Waals surface area contributed by atoms with Crippen LogP contribution in [0.4, 0.5) is 0 Å². The Morgan fingerprint density at radius 2 is 1.75 bits per heavy atom. The Bertz CT molecular complexity index is 776. The summed E-state index contributed by atoms with van der Waals surface area (Å²) in [5, 5.41) is 32.1. The minimum Gasteiger partial charge on any atom is -0.400 e. The molecule has 1 saturated carbocycles. The van der Waals surface area contributed by atoms with E-state index in [1.807, 2.05) is 0 Å². The lowest BCUT2D eigenvalue weighted by atomic mass is 9.67. The molecular weight excluding hydrogens is 457 g/mol. The molecule has 3 aliphatic heterocycles. The largest absolute Gasteiger partial charge is 0.490 e. The summed E-state index contributed by atoms with van der Waals surface area (Å²) in [6, 6.07) is -0.0220. The average molecular weight is 506 g/mol. The van der Waals surface area contributed by atoms with E-state index in [0.717, 1.165) is 38.0 Å². The predicted molar refractivity (Wildman–Crippen MR) is 140 cm³/mol. The number of aliphatic hydroxyl groups is 2. The Balaban J connectivity index is 1.11. The van der Waals surface area contributed by atoms with E-state index < -0.39 is 12.5 Å². The number of hydrogen-bond acceptors (Lipinski definition) is 9. The first-order valence-corrected chi connectivity index (χ1v) is 14.3. The molecule has 3 heterocycles. The van der Waals surface area contributed by atoms with E-state index in [-0.39, 0.29) is 42.7 Å². The van der Waals surface area contributed by atoms with Gasteiger partial charge in [-0.25, -0.2) is 10.9 Å². The SMILES string of the molecule is CC1(C)OB(C2=CC[C@@H]3NC(O)C(NC(O)C4NNC(CC5CCCCC5)N4)CCC3C2)OC1(C)C. The van der Waals surface area contributed by atoms with E-state index >= 15 is 0 Å². The predicted octanol–water partition coefficient (Wildman–Crippen LogP) is 1.62. The molecule has 3 saturated heterocycles. The molecule has 7 atom stereocenters. The van der Waals surface area contributed by atoms with Crippen LogP contribution in [0.2, 0.25) is 0 Å². The maximum atomic E-state index is 11.0. The van der Waals surface area contributed by atoms with Crippen LogP contribution in [-0.2, 0) is 9.31 Å². The van der Waals surface area contributed by atoms with Crippen LogP contribution < -0.4 is 26.8 Å². The van der Waals surface area contributed by atoms with Crippen LogP contribution in [0.5, 0.6) is 0 Å². The van der Waals surface area contributed by atoms with Crippen LogP contribution in [0.1, 0.15) is 91.9 Å². The maximum Gasteiger partial charge on any atom is 0.490 e. The highest BCUT2D eigenvalue weighted by Crippen LogP contribution is 2.42. The fourth-order valence-corrected chi connectivity index (χ4v) is 6.61. The number of hydrogen-bond donors (Lipinski definition) is 7. The summed E-state index contributed by atoms with van der Waals surface area (Å²) in [7, 11) is -0.298. The molecule has 0 aromatic rings.